The summed E-state index contributed by atoms with van der Waals surface area (Å²) in [6, 6.07) is 4.07. The highest BCUT2D eigenvalue weighted by Crippen LogP contribution is 2.00. The number of pyridine rings is 1. The molecule has 0 saturated carbocycles. The van der Waals surface area contributed by atoms with E-state index < -0.39 is 0 Å². The van der Waals surface area contributed by atoms with Gasteiger partial charge in [0.05, 0.1) is 5.69 Å². The van der Waals surface area contributed by atoms with Crippen molar-refractivity contribution in [2.24, 2.45) is 0 Å². The molecule has 0 fully saturated rings. The topological polar surface area (TPSA) is 12.9 Å². The molecule has 0 saturated heterocycles. The van der Waals surface area contributed by atoms with E-state index in [1.54, 1.807) is 0 Å². The summed E-state index contributed by atoms with van der Waals surface area (Å²) in [7, 11) is 0. The molecule has 12 heavy (non-hydrogen) atoms. The molecule has 1 nitrogen and oxygen atoms in total. The van der Waals surface area contributed by atoms with Gasteiger partial charge in [0.15, 0.2) is 0 Å². The van der Waals surface area contributed by atoms with Gasteiger partial charge in [0, 0.05) is 6.20 Å². The first kappa shape index (κ1) is 8.72. The van der Waals surface area contributed by atoms with Crippen LogP contribution in [0.4, 0.5) is 0 Å². The highest BCUT2D eigenvalue weighted by Gasteiger charge is 1.85. The minimum absolute atomic E-state index is 0.999. The van der Waals surface area contributed by atoms with Crippen molar-refractivity contribution in [3.8, 4) is 0 Å². The number of hydrogen-bond acceptors (Lipinski definition) is 1. The van der Waals surface area contributed by atoms with Gasteiger partial charge in [-0.15, -0.1) is 0 Å². The van der Waals surface area contributed by atoms with Gasteiger partial charge in [0.1, 0.15) is 0 Å². The molecule has 0 amide bonds. The Bertz CT molecular complexity index is 280. The van der Waals surface area contributed by atoms with Gasteiger partial charge in [-0.25, -0.2) is 0 Å². The van der Waals surface area contributed by atoms with Crippen LogP contribution in [-0.4, -0.2) is 4.98 Å². The Morgan fingerprint density at radius 3 is 2.67 bits per heavy atom. The van der Waals surface area contributed by atoms with E-state index >= 15 is 0 Å². The lowest BCUT2D eigenvalue weighted by Crippen LogP contribution is -1.79. The first-order valence-corrected chi connectivity index (χ1v) is 4.05. The summed E-state index contributed by atoms with van der Waals surface area (Å²) in [6.07, 6.45) is 9.82. The number of aromatic nitrogens is 1. The molecule has 0 aliphatic rings. The third-order valence-electron chi connectivity index (χ3n) is 1.50. The zero-order chi connectivity index (χ0) is 8.81. The molecule has 1 aromatic rings. The molecule has 0 N–H and O–H groups in total. The third-order valence-corrected chi connectivity index (χ3v) is 1.50. The van der Waals surface area contributed by atoms with Crippen LogP contribution in [0.2, 0.25) is 0 Å². The minimum atomic E-state index is 0.999. The van der Waals surface area contributed by atoms with Crippen molar-refractivity contribution in [2.45, 2.75) is 13.8 Å². The van der Waals surface area contributed by atoms with Gasteiger partial charge in [0.25, 0.3) is 0 Å². The van der Waals surface area contributed by atoms with Gasteiger partial charge >= 0.3 is 0 Å². The molecule has 0 aromatic carbocycles. The standard InChI is InChI=1S/C11H13N/c1-3-4-5-6-11-8-7-10(2)9-12-11/h3-9H,1-2H3/b4-3-,6-5-. The van der Waals surface area contributed by atoms with Crippen LogP contribution in [0.25, 0.3) is 6.08 Å². The first-order chi connectivity index (χ1) is 5.83. The van der Waals surface area contributed by atoms with Crippen molar-refractivity contribution in [1.29, 1.82) is 0 Å². The van der Waals surface area contributed by atoms with Crippen LogP contribution in [-0.2, 0) is 0 Å². The predicted molar refractivity (Wildman–Crippen MR) is 52.8 cm³/mol. The fraction of sp³-hybridized carbons (Fsp3) is 0.182. The van der Waals surface area contributed by atoms with Gasteiger partial charge in [-0.2, -0.15) is 0 Å². The summed E-state index contributed by atoms with van der Waals surface area (Å²) in [6.45, 7) is 4.03. The molecule has 0 unspecified atom stereocenters. The average Bonchev–Trinajstić information content (AvgIpc) is 2.09. The summed E-state index contributed by atoms with van der Waals surface area (Å²) >= 11 is 0. The van der Waals surface area contributed by atoms with E-state index in [9.17, 15) is 0 Å². The predicted octanol–water partition coefficient (Wildman–Crippen LogP) is 2.98. The molecule has 1 aromatic heterocycles. The Kier molecular flexibility index (Phi) is 3.27. The Morgan fingerprint density at radius 1 is 1.25 bits per heavy atom. The molecule has 0 bridgehead atoms. The van der Waals surface area contributed by atoms with E-state index in [4.69, 9.17) is 0 Å². The monoisotopic (exact) mass is 159 g/mol. The quantitative estimate of drug-likeness (QED) is 0.604. The Labute approximate surface area is 73.5 Å². The summed E-state index contributed by atoms with van der Waals surface area (Å²) in [5.74, 6) is 0. The SMILES string of the molecule is C/C=C\C=C/c1ccc(C)cn1. The van der Waals surface area contributed by atoms with Crippen molar-refractivity contribution in [2.75, 3.05) is 0 Å². The molecule has 62 valence electrons. The van der Waals surface area contributed by atoms with Gasteiger partial charge < -0.3 is 0 Å². The largest absolute Gasteiger partial charge is 0.257 e. The number of rotatable bonds is 2. The van der Waals surface area contributed by atoms with Gasteiger partial charge in [-0.3, -0.25) is 4.98 Å². The van der Waals surface area contributed by atoms with Gasteiger partial charge in [-0.05, 0) is 31.6 Å². The maximum absolute atomic E-state index is 4.23. The highest BCUT2D eigenvalue weighted by molar-refractivity contribution is 5.46. The van der Waals surface area contributed by atoms with Crippen LogP contribution in [0.5, 0.6) is 0 Å². The van der Waals surface area contributed by atoms with Crippen LogP contribution in [0.15, 0.2) is 36.6 Å². The maximum atomic E-state index is 4.23. The molecule has 0 radical (unpaired) electrons. The van der Waals surface area contributed by atoms with E-state index in [2.05, 4.69) is 11.1 Å². The van der Waals surface area contributed by atoms with Crippen molar-refractivity contribution in [3.63, 3.8) is 0 Å². The Balaban J connectivity index is 2.70. The smallest absolute Gasteiger partial charge is 0.0629 e. The first-order valence-electron chi connectivity index (χ1n) is 4.05. The molecule has 0 aliphatic heterocycles. The zero-order valence-electron chi connectivity index (χ0n) is 7.49. The van der Waals surface area contributed by atoms with E-state index in [1.165, 1.54) is 5.56 Å². The minimum Gasteiger partial charge on any atom is -0.257 e. The molecule has 0 atom stereocenters. The molecule has 0 aliphatic carbocycles. The summed E-state index contributed by atoms with van der Waals surface area (Å²) < 4.78 is 0. The van der Waals surface area contributed by atoms with E-state index in [1.807, 2.05) is 50.4 Å². The highest BCUT2D eigenvalue weighted by atomic mass is 14.7. The van der Waals surface area contributed by atoms with E-state index in [0.717, 1.165) is 5.69 Å². The van der Waals surface area contributed by atoms with Crippen molar-refractivity contribution < 1.29 is 0 Å². The lowest BCUT2D eigenvalue weighted by atomic mass is 10.2. The normalized spacial score (nSPS) is 11.5. The number of aryl methyl sites for hydroxylation is 1. The summed E-state index contributed by atoms with van der Waals surface area (Å²) in [4.78, 5) is 4.23. The second kappa shape index (κ2) is 4.50. The molecular formula is C11H13N. The second-order valence-corrected chi connectivity index (χ2v) is 2.65. The summed E-state index contributed by atoms with van der Waals surface area (Å²) in [5.41, 5.74) is 2.19. The lowest BCUT2D eigenvalue weighted by Gasteiger charge is -1.91. The van der Waals surface area contributed by atoms with Crippen molar-refractivity contribution in [1.82, 2.24) is 4.98 Å². The fourth-order valence-corrected chi connectivity index (χ4v) is 0.843. The van der Waals surface area contributed by atoms with Crippen LogP contribution < -0.4 is 0 Å². The Hall–Kier alpha value is -1.37. The lowest BCUT2D eigenvalue weighted by molar-refractivity contribution is 1.24. The average molecular weight is 159 g/mol. The Morgan fingerprint density at radius 2 is 2.08 bits per heavy atom. The van der Waals surface area contributed by atoms with E-state index in [-0.39, 0.29) is 0 Å². The van der Waals surface area contributed by atoms with E-state index in [0.29, 0.717) is 0 Å². The zero-order valence-corrected chi connectivity index (χ0v) is 7.49. The molecule has 1 heterocycles. The third kappa shape index (κ3) is 2.70. The van der Waals surface area contributed by atoms with Crippen LogP contribution in [0.1, 0.15) is 18.2 Å². The molecular weight excluding hydrogens is 146 g/mol. The number of allylic oxidation sites excluding steroid dienone is 3. The fourth-order valence-electron chi connectivity index (χ4n) is 0.843. The number of hydrogen-bond donors (Lipinski definition) is 0. The van der Waals surface area contributed by atoms with Crippen molar-refractivity contribution in [3.05, 3.63) is 47.8 Å². The van der Waals surface area contributed by atoms with Gasteiger partial charge in [0.2, 0.25) is 0 Å². The summed E-state index contributed by atoms with van der Waals surface area (Å²) in [5, 5.41) is 0. The van der Waals surface area contributed by atoms with Crippen LogP contribution >= 0.6 is 0 Å². The number of nitrogens with zero attached hydrogens (tertiary/aromatic N) is 1. The molecule has 1 rings (SSSR count). The van der Waals surface area contributed by atoms with Gasteiger partial charge in [-0.1, -0.05) is 24.3 Å². The second-order valence-electron chi connectivity index (χ2n) is 2.65. The van der Waals surface area contributed by atoms with Crippen LogP contribution in [0, 0.1) is 6.92 Å². The van der Waals surface area contributed by atoms with Crippen LogP contribution in [0.3, 0.4) is 0 Å². The molecule has 1 heteroatoms. The molecule has 0 spiro atoms. The van der Waals surface area contributed by atoms with Crippen molar-refractivity contribution >= 4 is 6.08 Å². The maximum Gasteiger partial charge on any atom is 0.0629 e.